The molecule has 0 aliphatic heterocycles. The first-order chi connectivity index (χ1) is 9.93. The lowest BCUT2D eigenvalue weighted by Crippen LogP contribution is -2.38. The standard InChI is InChI=1S/C16H21NO4/c1-10-8-13(21-3)6-7-14(10)15(18)17(12-4-5-12)9-11(2)16(19)20/h6-8,11-12H,4-5,9H2,1-3H3,(H,19,20). The molecule has 0 spiro atoms. The van der Waals surface area contributed by atoms with Crippen LogP contribution in [0.4, 0.5) is 0 Å². The van der Waals surface area contributed by atoms with Gasteiger partial charge in [0.15, 0.2) is 0 Å². The summed E-state index contributed by atoms with van der Waals surface area (Å²) in [4.78, 5) is 25.4. The Morgan fingerprint density at radius 2 is 2.10 bits per heavy atom. The number of carboxylic acids is 1. The fraction of sp³-hybridized carbons (Fsp3) is 0.500. The number of ether oxygens (including phenoxy) is 1. The summed E-state index contributed by atoms with van der Waals surface area (Å²) in [5.41, 5.74) is 1.45. The van der Waals surface area contributed by atoms with E-state index in [0.717, 1.165) is 18.4 Å². The van der Waals surface area contributed by atoms with Crippen molar-refractivity contribution in [3.05, 3.63) is 29.3 Å². The van der Waals surface area contributed by atoms with Crippen molar-refractivity contribution in [2.75, 3.05) is 13.7 Å². The first kappa shape index (κ1) is 15.4. The Bertz CT molecular complexity index is 551. The molecular weight excluding hydrogens is 270 g/mol. The number of hydrogen-bond donors (Lipinski definition) is 1. The Labute approximate surface area is 124 Å². The number of amides is 1. The molecule has 1 amide bonds. The van der Waals surface area contributed by atoms with Crippen LogP contribution in [-0.2, 0) is 4.79 Å². The third-order valence-corrected chi connectivity index (χ3v) is 3.80. The van der Waals surface area contributed by atoms with Gasteiger partial charge in [-0.25, -0.2) is 0 Å². The van der Waals surface area contributed by atoms with Gasteiger partial charge in [0.1, 0.15) is 5.75 Å². The summed E-state index contributed by atoms with van der Waals surface area (Å²) in [6.07, 6.45) is 1.90. The molecule has 0 aromatic heterocycles. The second kappa shape index (κ2) is 6.16. The van der Waals surface area contributed by atoms with Crippen LogP contribution in [0.5, 0.6) is 5.75 Å². The largest absolute Gasteiger partial charge is 0.497 e. The quantitative estimate of drug-likeness (QED) is 0.873. The van der Waals surface area contributed by atoms with Gasteiger partial charge >= 0.3 is 5.97 Å². The Kier molecular flexibility index (Phi) is 4.50. The van der Waals surface area contributed by atoms with Gasteiger partial charge in [-0.05, 0) is 43.5 Å². The average molecular weight is 291 g/mol. The molecule has 1 N–H and O–H groups in total. The maximum atomic E-state index is 12.7. The van der Waals surface area contributed by atoms with Crippen LogP contribution in [0.25, 0.3) is 0 Å². The first-order valence-corrected chi connectivity index (χ1v) is 7.12. The van der Waals surface area contributed by atoms with Crippen molar-refractivity contribution in [1.82, 2.24) is 4.90 Å². The number of aliphatic carboxylic acids is 1. The Morgan fingerprint density at radius 1 is 1.43 bits per heavy atom. The van der Waals surface area contributed by atoms with E-state index in [9.17, 15) is 9.59 Å². The normalized spacial score (nSPS) is 15.4. The Hall–Kier alpha value is -2.04. The first-order valence-electron chi connectivity index (χ1n) is 7.12. The van der Waals surface area contributed by atoms with Crippen LogP contribution in [0.1, 0.15) is 35.7 Å². The molecule has 21 heavy (non-hydrogen) atoms. The van der Waals surface area contributed by atoms with E-state index in [4.69, 9.17) is 9.84 Å². The molecule has 0 saturated heterocycles. The summed E-state index contributed by atoms with van der Waals surface area (Å²) >= 11 is 0. The van der Waals surface area contributed by atoms with E-state index >= 15 is 0 Å². The predicted octanol–water partition coefficient (Wildman–Crippen LogP) is 2.33. The molecule has 5 heteroatoms. The number of carbonyl (C=O) groups excluding carboxylic acids is 1. The van der Waals surface area contributed by atoms with Crippen LogP contribution in [0.15, 0.2) is 18.2 Å². The monoisotopic (exact) mass is 291 g/mol. The lowest BCUT2D eigenvalue weighted by molar-refractivity contribution is -0.141. The molecule has 5 nitrogen and oxygen atoms in total. The summed E-state index contributed by atoms with van der Waals surface area (Å²) in [6, 6.07) is 5.50. The van der Waals surface area contributed by atoms with E-state index in [1.54, 1.807) is 31.1 Å². The van der Waals surface area contributed by atoms with Crippen LogP contribution in [0, 0.1) is 12.8 Å². The maximum absolute atomic E-state index is 12.7. The van der Waals surface area contributed by atoms with E-state index in [0.29, 0.717) is 11.3 Å². The zero-order valence-corrected chi connectivity index (χ0v) is 12.6. The van der Waals surface area contributed by atoms with Crippen LogP contribution in [0.2, 0.25) is 0 Å². The van der Waals surface area contributed by atoms with E-state index < -0.39 is 11.9 Å². The zero-order chi connectivity index (χ0) is 15.6. The van der Waals surface area contributed by atoms with Crippen molar-refractivity contribution in [2.24, 2.45) is 5.92 Å². The highest BCUT2D eigenvalue weighted by molar-refractivity contribution is 5.96. The molecule has 114 valence electrons. The van der Waals surface area contributed by atoms with Gasteiger partial charge < -0.3 is 14.7 Å². The number of methoxy groups -OCH3 is 1. The molecular formula is C16H21NO4. The summed E-state index contributed by atoms with van der Waals surface area (Å²) in [5.74, 6) is -0.820. The van der Waals surface area contributed by atoms with Crippen molar-refractivity contribution in [1.29, 1.82) is 0 Å². The molecule has 1 aliphatic rings. The lowest BCUT2D eigenvalue weighted by atomic mass is 10.1. The van der Waals surface area contributed by atoms with Gasteiger partial charge in [-0.1, -0.05) is 6.92 Å². The predicted molar refractivity (Wildman–Crippen MR) is 78.6 cm³/mol. The van der Waals surface area contributed by atoms with Gasteiger partial charge in [-0.3, -0.25) is 9.59 Å². The molecule has 1 unspecified atom stereocenters. The lowest BCUT2D eigenvalue weighted by Gasteiger charge is -2.25. The number of benzene rings is 1. The van der Waals surface area contributed by atoms with Gasteiger partial charge in [-0.2, -0.15) is 0 Å². The molecule has 1 fully saturated rings. The number of hydrogen-bond acceptors (Lipinski definition) is 3. The average Bonchev–Trinajstić information content (AvgIpc) is 3.27. The van der Waals surface area contributed by atoms with E-state index in [1.807, 2.05) is 13.0 Å². The fourth-order valence-corrected chi connectivity index (χ4v) is 2.31. The summed E-state index contributed by atoms with van der Waals surface area (Å²) in [7, 11) is 1.58. The minimum atomic E-state index is -0.875. The molecule has 1 aromatic carbocycles. The minimum Gasteiger partial charge on any atom is -0.497 e. The summed E-state index contributed by atoms with van der Waals surface area (Å²) < 4.78 is 5.14. The third-order valence-electron chi connectivity index (χ3n) is 3.80. The summed E-state index contributed by atoms with van der Waals surface area (Å²) in [6.45, 7) is 3.75. The van der Waals surface area contributed by atoms with Gasteiger partial charge in [0, 0.05) is 18.2 Å². The SMILES string of the molecule is COc1ccc(C(=O)N(CC(C)C(=O)O)C2CC2)c(C)c1. The van der Waals surface area contributed by atoms with Crippen LogP contribution in [0.3, 0.4) is 0 Å². The second-order valence-corrected chi connectivity index (χ2v) is 5.61. The molecule has 1 atom stereocenters. The van der Waals surface area contributed by atoms with E-state index in [2.05, 4.69) is 0 Å². The molecule has 1 aliphatic carbocycles. The minimum absolute atomic E-state index is 0.0919. The smallest absolute Gasteiger partial charge is 0.308 e. The Balaban J connectivity index is 2.20. The third kappa shape index (κ3) is 3.54. The number of aryl methyl sites for hydroxylation is 1. The number of carbonyl (C=O) groups is 2. The van der Waals surface area contributed by atoms with Crippen LogP contribution < -0.4 is 4.74 Å². The highest BCUT2D eigenvalue weighted by Gasteiger charge is 2.35. The molecule has 0 radical (unpaired) electrons. The highest BCUT2D eigenvalue weighted by atomic mass is 16.5. The second-order valence-electron chi connectivity index (χ2n) is 5.61. The van der Waals surface area contributed by atoms with Crippen LogP contribution >= 0.6 is 0 Å². The molecule has 0 heterocycles. The van der Waals surface area contributed by atoms with Gasteiger partial charge in [-0.15, -0.1) is 0 Å². The van der Waals surface area contributed by atoms with Crippen molar-refractivity contribution in [3.8, 4) is 5.75 Å². The molecule has 1 aromatic rings. The van der Waals surface area contributed by atoms with Gasteiger partial charge in [0.05, 0.1) is 13.0 Å². The van der Waals surface area contributed by atoms with Crippen molar-refractivity contribution in [2.45, 2.75) is 32.7 Å². The van der Waals surface area contributed by atoms with Crippen molar-refractivity contribution < 1.29 is 19.4 Å². The molecule has 0 bridgehead atoms. The van der Waals surface area contributed by atoms with Gasteiger partial charge in [0.25, 0.3) is 5.91 Å². The number of nitrogens with zero attached hydrogens (tertiary/aromatic N) is 1. The molecule has 2 rings (SSSR count). The maximum Gasteiger partial charge on any atom is 0.308 e. The number of carboxylic acid groups (broad SMARTS) is 1. The summed E-state index contributed by atoms with van der Waals surface area (Å²) in [5, 5.41) is 9.05. The zero-order valence-electron chi connectivity index (χ0n) is 12.6. The van der Waals surface area contributed by atoms with Gasteiger partial charge in [0.2, 0.25) is 0 Å². The van der Waals surface area contributed by atoms with Crippen molar-refractivity contribution >= 4 is 11.9 Å². The number of rotatable bonds is 6. The fourth-order valence-electron chi connectivity index (χ4n) is 2.31. The van der Waals surface area contributed by atoms with E-state index in [-0.39, 0.29) is 18.5 Å². The molecule has 1 saturated carbocycles. The van der Waals surface area contributed by atoms with E-state index in [1.165, 1.54) is 0 Å². The topological polar surface area (TPSA) is 66.8 Å². The highest BCUT2D eigenvalue weighted by Crippen LogP contribution is 2.30. The Morgan fingerprint density at radius 3 is 2.57 bits per heavy atom. The van der Waals surface area contributed by atoms with Crippen molar-refractivity contribution in [3.63, 3.8) is 0 Å². The van der Waals surface area contributed by atoms with Crippen LogP contribution in [-0.4, -0.2) is 41.6 Å².